The lowest BCUT2D eigenvalue weighted by molar-refractivity contribution is -0.00537. The van der Waals surface area contributed by atoms with Gasteiger partial charge in [-0.1, -0.05) is 6.07 Å². The number of halogens is 2. The first-order valence-corrected chi connectivity index (χ1v) is 12.8. The lowest BCUT2D eigenvalue weighted by Crippen LogP contribution is -2.45. The van der Waals surface area contributed by atoms with Crippen LogP contribution in [0.1, 0.15) is 13.8 Å². The van der Waals surface area contributed by atoms with E-state index in [1.807, 2.05) is 32.0 Å². The van der Waals surface area contributed by atoms with Gasteiger partial charge in [0.05, 0.1) is 29.6 Å². The smallest absolute Gasteiger partial charge is 0.264 e. The summed E-state index contributed by atoms with van der Waals surface area (Å²) in [5.74, 6) is -1.25. The molecule has 1 aliphatic heterocycles. The Morgan fingerprint density at radius 2 is 1.75 bits per heavy atom. The number of rotatable bonds is 5. The molecule has 2 aromatic heterocycles. The largest absolute Gasteiger partial charge is 0.372 e. The van der Waals surface area contributed by atoms with Crippen LogP contribution in [0, 0.1) is 11.6 Å². The summed E-state index contributed by atoms with van der Waals surface area (Å²) in [6.45, 7) is 5.43. The quantitative estimate of drug-likeness (QED) is 0.425. The van der Waals surface area contributed by atoms with Crippen molar-refractivity contribution in [3.8, 4) is 11.1 Å². The van der Waals surface area contributed by atoms with Gasteiger partial charge in [-0.05, 0) is 49.7 Å². The molecule has 11 heteroatoms. The molecule has 0 radical (unpaired) electrons. The molecule has 1 N–H and O–H groups in total. The van der Waals surface area contributed by atoms with Crippen LogP contribution in [-0.4, -0.2) is 48.7 Å². The summed E-state index contributed by atoms with van der Waals surface area (Å²) in [6.07, 6.45) is 4.56. The van der Waals surface area contributed by atoms with Gasteiger partial charge in [0.15, 0.2) is 0 Å². The molecule has 1 saturated heterocycles. The van der Waals surface area contributed by atoms with E-state index in [9.17, 15) is 17.2 Å². The van der Waals surface area contributed by atoms with Crippen molar-refractivity contribution in [1.82, 2.24) is 15.0 Å². The van der Waals surface area contributed by atoms with Crippen molar-refractivity contribution in [2.45, 2.75) is 31.0 Å². The lowest BCUT2D eigenvalue weighted by atomic mass is 10.0. The highest BCUT2D eigenvalue weighted by molar-refractivity contribution is 7.92. The molecular weight excluding hydrogens is 488 g/mol. The molecule has 2 atom stereocenters. The molecule has 0 amide bonds. The maximum Gasteiger partial charge on any atom is 0.264 e. The first kappa shape index (κ1) is 24.0. The number of anilines is 2. The van der Waals surface area contributed by atoms with Gasteiger partial charge in [-0.2, -0.15) is 0 Å². The number of aromatic nitrogens is 3. The average molecular weight is 512 g/mol. The topological polar surface area (TPSA) is 97.3 Å². The molecule has 186 valence electrons. The van der Waals surface area contributed by atoms with Gasteiger partial charge >= 0.3 is 0 Å². The minimum atomic E-state index is -4.30. The van der Waals surface area contributed by atoms with E-state index in [2.05, 4.69) is 24.6 Å². The van der Waals surface area contributed by atoms with Gasteiger partial charge in [0.2, 0.25) is 0 Å². The van der Waals surface area contributed by atoms with Crippen LogP contribution in [0.3, 0.4) is 0 Å². The van der Waals surface area contributed by atoms with Crippen molar-refractivity contribution in [2.75, 3.05) is 22.7 Å². The Labute approximate surface area is 207 Å². The molecular formula is C25H23F2N5O3S. The molecule has 1 fully saturated rings. The Bertz CT molecular complexity index is 1540. The number of ether oxygens (including phenoxy) is 1. The maximum atomic E-state index is 14.1. The fourth-order valence-electron chi connectivity index (χ4n) is 4.38. The normalized spacial score (nSPS) is 18.4. The van der Waals surface area contributed by atoms with Crippen LogP contribution in [0.2, 0.25) is 0 Å². The van der Waals surface area contributed by atoms with Crippen molar-refractivity contribution in [2.24, 2.45) is 0 Å². The zero-order chi connectivity index (χ0) is 25.4. The molecule has 2 aromatic carbocycles. The number of fused-ring (bicyclic) bond motifs is 1. The van der Waals surface area contributed by atoms with Crippen LogP contribution in [0.15, 0.2) is 66.1 Å². The number of hydrogen-bond acceptors (Lipinski definition) is 7. The summed E-state index contributed by atoms with van der Waals surface area (Å²) in [5.41, 5.74) is 2.31. The Morgan fingerprint density at radius 3 is 2.50 bits per heavy atom. The lowest BCUT2D eigenvalue weighted by Gasteiger charge is -2.36. The number of nitrogens with one attached hydrogen (secondary N) is 1. The minimum Gasteiger partial charge on any atom is -0.372 e. The Kier molecular flexibility index (Phi) is 6.27. The molecule has 1 aliphatic rings. The van der Waals surface area contributed by atoms with E-state index < -0.39 is 26.6 Å². The zero-order valence-electron chi connectivity index (χ0n) is 19.5. The van der Waals surface area contributed by atoms with Crippen molar-refractivity contribution in [3.63, 3.8) is 0 Å². The predicted octanol–water partition coefficient (Wildman–Crippen LogP) is 4.38. The van der Waals surface area contributed by atoms with E-state index >= 15 is 0 Å². The molecule has 4 aromatic rings. The third-order valence-electron chi connectivity index (χ3n) is 5.84. The Morgan fingerprint density at radius 1 is 0.972 bits per heavy atom. The first-order chi connectivity index (χ1) is 17.2. The fourth-order valence-corrected chi connectivity index (χ4v) is 5.48. The number of sulfonamides is 1. The van der Waals surface area contributed by atoms with E-state index in [0.29, 0.717) is 24.7 Å². The van der Waals surface area contributed by atoms with Crippen LogP contribution in [0.25, 0.3) is 22.0 Å². The summed E-state index contributed by atoms with van der Waals surface area (Å²) < 4.78 is 60.9. The Hall–Kier alpha value is -3.70. The van der Waals surface area contributed by atoms with Crippen LogP contribution < -0.4 is 9.62 Å². The van der Waals surface area contributed by atoms with Crippen LogP contribution in [0.4, 0.5) is 20.3 Å². The molecule has 0 saturated carbocycles. The number of benzene rings is 2. The summed E-state index contributed by atoms with van der Waals surface area (Å²) in [5, 5.41) is 0.843. The van der Waals surface area contributed by atoms with Crippen molar-refractivity contribution >= 4 is 32.4 Å². The van der Waals surface area contributed by atoms with Gasteiger partial charge in [0.25, 0.3) is 10.0 Å². The number of hydrogen-bond donors (Lipinski definition) is 1. The molecule has 3 heterocycles. The third-order valence-corrected chi connectivity index (χ3v) is 7.26. The van der Waals surface area contributed by atoms with Crippen molar-refractivity contribution < 1.29 is 21.9 Å². The highest BCUT2D eigenvalue weighted by Gasteiger charge is 2.25. The maximum absolute atomic E-state index is 14.1. The molecule has 8 nitrogen and oxygen atoms in total. The zero-order valence-corrected chi connectivity index (χ0v) is 20.3. The number of pyridine rings is 1. The van der Waals surface area contributed by atoms with Gasteiger partial charge in [-0.3, -0.25) is 9.71 Å². The van der Waals surface area contributed by atoms with E-state index in [-0.39, 0.29) is 17.9 Å². The van der Waals surface area contributed by atoms with Crippen molar-refractivity contribution in [3.05, 3.63) is 72.8 Å². The van der Waals surface area contributed by atoms with Crippen LogP contribution >= 0.6 is 0 Å². The summed E-state index contributed by atoms with van der Waals surface area (Å²) in [4.78, 5) is 14.6. The van der Waals surface area contributed by atoms with Gasteiger partial charge in [0.1, 0.15) is 28.7 Å². The fraction of sp³-hybridized carbons (Fsp3) is 0.240. The highest BCUT2D eigenvalue weighted by atomic mass is 32.2. The standard InChI is InChI=1S/C25H23F2N5O3S/c1-15-12-32(13-16(2)35-15)25-21-8-17(3-5-23(21)29-14-30-25)18-7-20(11-28-10-18)31-36(33,34)24-6-4-19(26)9-22(24)27/h3-11,14-16,31H,12-13H2,1-2H3. The van der Waals surface area contributed by atoms with Gasteiger partial charge in [0, 0.05) is 36.3 Å². The molecule has 5 rings (SSSR count). The molecule has 0 bridgehead atoms. The molecule has 0 spiro atoms. The molecule has 2 unspecified atom stereocenters. The number of nitrogens with zero attached hydrogens (tertiary/aromatic N) is 4. The second-order valence-corrected chi connectivity index (χ2v) is 10.4. The first-order valence-electron chi connectivity index (χ1n) is 11.3. The van der Waals surface area contributed by atoms with E-state index in [1.54, 1.807) is 12.3 Å². The third kappa shape index (κ3) is 4.84. The van der Waals surface area contributed by atoms with Crippen molar-refractivity contribution in [1.29, 1.82) is 0 Å². The van der Waals surface area contributed by atoms with Gasteiger partial charge < -0.3 is 9.64 Å². The number of morpholine rings is 1. The van der Waals surface area contributed by atoms with Gasteiger partial charge in [-0.25, -0.2) is 27.2 Å². The SMILES string of the molecule is CC1CN(c2ncnc3ccc(-c4cncc(NS(=O)(=O)c5ccc(F)cc5F)c4)cc23)CC(C)O1. The molecule has 36 heavy (non-hydrogen) atoms. The minimum absolute atomic E-state index is 0.0572. The van der Waals surface area contributed by atoms with E-state index in [4.69, 9.17) is 4.74 Å². The summed E-state index contributed by atoms with van der Waals surface area (Å²) >= 11 is 0. The van der Waals surface area contributed by atoms with E-state index in [1.165, 1.54) is 12.5 Å². The Balaban J connectivity index is 1.49. The molecule has 0 aliphatic carbocycles. The van der Waals surface area contributed by atoms with Gasteiger partial charge in [-0.15, -0.1) is 0 Å². The van der Waals surface area contributed by atoms with Crippen LogP contribution in [-0.2, 0) is 14.8 Å². The van der Waals surface area contributed by atoms with E-state index in [0.717, 1.165) is 34.4 Å². The monoisotopic (exact) mass is 511 g/mol. The average Bonchev–Trinajstić information content (AvgIpc) is 2.82. The summed E-state index contributed by atoms with van der Waals surface area (Å²) in [6, 6.07) is 9.54. The second-order valence-electron chi connectivity index (χ2n) is 8.73. The predicted molar refractivity (Wildman–Crippen MR) is 132 cm³/mol. The van der Waals surface area contributed by atoms with Crippen LogP contribution in [0.5, 0.6) is 0 Å². The summed E-state index contributed by atoms with van der Waals surface area (Å²) in [7, 11) is -4.30. The second kappa shape index (κ2) is 9.40. The highest BCUT2D eigenvalue weighted by Crippen LogP contribution is 2.31.